The Hall–Kier alpha value is -1.64. The molecule has 0 saturated carbocycles. The van der Waals surface area contributed by atoms with Gasteiger partial charge >= 0.3 is 0 Å². The van der Waals surface area contributed by atoms with E-state index in [1.807, 2.05) is 12.1 Å². The van der Waals surface area contributed by atoms with Gasteiger partial charge in [-0.1, -0.05) is 13.8 Å². The molecular formula is C12H14N2O. The van der Waals surface area contributed by atoms with Crippen molar-refractivity contribution in [3.05, 3.63) is 40.6 Å². The molecule has 0 fully saturated rings. The third-order valence-electron chi connectivity index (χ3n) is 2.58. The van der Waals surface area contributed by atoms with Gasteiger partial charge in [0.15, 0.2) is 0 Å². The standard InChI is InChI=1S/C12H14N2O/c1-8(2)11-6-10-9(7-13-11)4-5-14(3)12(10)15/h4-8H,1-3H3. The Morgan fingerprint density at radius 1 is 1.40 bits per heavy atom. The van der Waals surface area contributed by atoms with Crippen molar-refractivity contribution in [3.8, 4) is 0 Å². The van der Waals surface area contributed by atoms with Crippen LogP contribution in [0.2, 0.25) is 0 Å². The molecule has 0 amide bonds. The van der Waals surface area contributed by atoms with Gasteiger partial charge in [-0.05, 0) is 18.1 Å². The predicted molar refractivity (Wildman–Crippen MR) is 61.1 cm³/mol. The van der Waals surface area contributed by atoms with Gasteiger partial charge in [-0.15, -0.1) is 0 Å². The summed E-state index contributed by atoms with van der Waals surface area (Å²) in [6.07, 6.45) is 3.54. The van der Waals surface area contributed by atoms with E-state index in [0.29, 0.717) is 5.92 Å². The lowest BCUT2D eigenvalue weighted by Gasteiger charge is -2.06. The molecule has 3 nitrogen and oxygen atoms in total. The zero-order valence-corrected chi connectivity index (χ0v) is 9.19. The molecule has 0 bridgehead atoms. The summed E-state index contributed by atoms with van der Waals surface area (Å²) in [5, 5.41) is 1.65. The molecule has 0 aliphatic heterocycles. The zero-order chi connectivity index (χ0) is 11.0. The van der Waals surface area contributed by atoms with Crippen molar-refractivity contribution < 1.29 is 0 Å². The van der Waals surface area contributed by atoms with Crippen molar-refractivity contribution in [2.24, 2.45) is 7.05 Å². The molecule has 0 aliphatic rings. The summed E-state index contributed by atoms with van der Waals surface area (Å²) in [6, 6.07) is 3.80. The van der Waals surface area contributed by atoms with E-state index in [2.05, 4.69) is 18.8 Å². The van der Waals surface area contributed by atoms with Crippen LogP contribution in [0.1, 0.15) is 25.5 Å². The van der Waals surface area contributed by atoms with Gasteiger partial charge < -0.3 is 4.57 Å². The van der Waals surface area contributed by atoms with E-state index in [9.17, 15) is 4.79 Å². The largest absolute Gasteiger partial charge is 0.318 e. The fraction of sp³-hybridized carbons (Fsp3) is 0.333. The SMILES string of the molecule is CC(C)c1cc2c(=O)n(C)ccc2cn1. The number of rotatable bonds is 1. The van der Waals surface area contributed by atoms with E-state index in [-0.39, 0.29) is 5.56 Å². The summed E-state index contributed by atoms with van der Waals surface area (Å²) >= 11 is 0. The summed E-state index contributed by atoms with van der Waals surface area (Å²) in [7, 11) is 1.76. The summed E-state index contributed by atoms with van der Waals surface area (Å²) in [4.78, 5) is 16.2. The van der Waals surface area contributed by atoms with Gasteiger partial charge in [0.05, 0.1) is 5.39 Å². The molecule has 0 radical (unpaired) electrons. The molecule has 0 atom stereocenters. The Morgan fingerprint density at radius 2 is 2.13 bits per heavy atom. The first-order valence-electron chi connectivity index (χ1n) is 5.05. The minimum atomic E-state index is 0.0387. The monoisotopic (exact) mass is 202 g/mol. The molecule has 3 heteroatoms. The highest BCUT2D eigenvalue weighted by atomic mass is 16.1. The van der Waals surface area contributed by atoms with Crippen molar-refractivity contribution in [1.29, 1.82) is 0 Å². The molecule has 0 aliphatic carbocycles. The highest BCUT2D eigenvalue weighted by Crippen LogP contribution is 2.15. The van der Waals surface area contributed by atoms with E-state index < -0.39 is 0 Å². The summed E-state index contributed by atoms with van der Waals surface area (Å²) in [6.45, 7) is 4.14. The average Bonchev–Trinajstić information content (AvgIpc) is 2.23. The summed E-state index contributed by atoms with van der Waals surface area (Å²) in [5.41, 5.74) is 1.00. The first kappa shape index (κ1) is 9.90. The number of pyridine rings is 2. The lowest BCUT2D eigenvalue weighted by molar-refractivity contribution is 0.823. The quantitative estimate of drug-likeness (QED) is 0.709. The van der Waals surface area contributed by atoms with E-state index >= 15 is 0 Å². The third kappa shape index (κ3) is 1.65. The predicted octanol–water partition coefficient (Wildman–Crippen LogP) is 2.06. The molecule has 0 N–H and O–H groups in total. The maximum Gasteiger partial charge on any atom is 0.258 e. The number of hydrogen-bond acceptors (Lipinski definition) is 2. The first-order chi connectivity index (χ1) is 7.09. The van der Waals surface area contributed by atoms with Crippen LogP contribution in [-0.4, -0.2) is 9.55 Å². The number of hydrogen-bond donors (Lipinski definition) is 0. The van der Waals surface area contributed by atoms with Crippen LogP contribution < -0.4 is 5.56 Å². The fourth-order valence-electron chi connectivity index (χ4n) is 1.57. The number of aryl methyl sites for hydroxylation is 1. The highest BCUT2D eigenvalue weighted by Gasteiger charge is 2.05. The minimum absolute atomic E-state index is 0.0387. The van der Waals surface area contributed by atoms with Crippen LogP contribution in [0.4, 0.5) is 0 Å². The van der Waals surface area contributed by atoms with Crippen LogP contribution >= 0.6 is 0 Å². The first-order valence-corrected chi connectivity index (χ1v) is 5.05. The fourth-order valence-corrected chi connectivity index (χ4v) is 1.57. The Bertz CT molecular complexity index is 555. The van der Waals surface area contributed by atoms with E-state index in [4.69, 9.17) is 0 Å². The molecule has 0 spiro atoms. The number of fused-ring (bicyclic) bond motifs is 1. The highest BCUT2D eigenvalue weighted by molar-refractivity contribution is 5.80. The van der Waals surface area contributed by atoms with Crippen molar-refractivity contribution in [2.45, 2.75) is 19.8 Å². The molecule has 2 rings (SSSR count). The molecule has 2 aromatic heterocycles. The Morgan fingerprint density at radius 3 is 2.80 bits per heavy atom. The second-order valence-corrected chi connectivity index (χ2v) is 4.08. The number of aromatic nitrogens is 2. The third-order valence-corrected chi connectivity index (χ3v) is 2.58. The van der Waals surface area contributed by atoms with Gasteiger partial charge in [-0.3, -0.25) is 9.78 Å². The van der Waals surface area contributed by atoms with Crippen molar-refractivity contribution in [3.63, 3.8) is 0 Å². The van der Waals surface area contributed by atoms with Crippen LogP contribution in [0.25, 0.3) is 10.8 Å². The van der Waals surface area contributed by atoms with E-state index in [1.165, 1.54) is 0 Å². The van der Waals surface area contributed by atoms with Crippen LogP contribution in [0.5, 0.6) is 0 Å². The molecule has 2 heterocycles. The lowest BCUT2D eigenvalue weighted by Crippen LogP contribution is -2.16. The van der Waals surface area contributed by atoms with Crippen LogP contribution in [0.3, 0.4) is 0 Å². The molecular weight excluding hydrogens is 188 g/mol. The van der Waals surface area contributed by atoms with Crippen molar-refractivity contribution >= 4 is 10.8 Å². The Labute approximate surface area is 88.4 Å². The minimum Gasteiger partial charge on any atom is -0.318 e. The molecule has 0 saturated heterocycles. The maximum atomic E-state index is 11.8. The molecule has 78 valence electrons. The second kappa shape index (κ2) is 3.50. The maximum absolute atomic E-state index is 11.8. The van der Waals surface area contributed by atoms with Gasteiger partial charge in [0.25, 0.3) is 5.56 Å². The average molecular weight is 202 g/mol. The molecule has 15 heavy (non-hydrogen) atoms. The lowest BCUT2D eigenvalue weighted by atomic mass is 10.1. The Balaban J connectivity index is 2.80. The van der Waals surface area contributed by atoms with E-state index in [1.54, 1.807) is 24.0 Å². The molecule has 0 aromatic carbocycles. The topological polar surface area (TPSA) is 34.9 Å². The summed E-state index contributed by atoms with van der Waals surface area (Å²) < 4.78 is 1.59. The molecule has 2 aromatic rings. The number of nitrogens with zero attached hydrogens (tertiary/aromatic N) is 2. The van der Waals surface area contributed by atoms with Crippen LogP contribution in [-0.2, 0) is 7.05 Å². The van der Waals surface area contributed by atoms with Gasteiger partial charge in [0, 0.05) is 30.5 Å². The second-order valence-electron chi connectivity index (χ2n) is 4.08. The van der Waals surface area contributed by atoms with Crippen LogP contribution in [0, 0.1) is 0 Å². The smallest absolute Gasteiger partial charge is 0.258 e. The van der Waals surface area contributed by atoms with Crippen molar-refractivity contribution in [1.82, 2.24) is 9.55 Å². The van der Waals surface area contributed by atoms with Gasteiger partial charge in [0.1, 0.15) is 0 Å². The summed E-state index contributed by atoms with van der Waals surface area (Å²) in [5.74, 6) is 0.347. The molecule has 0 unspecified atom stereocenters. The van der Waals surface area contributed by atoms with Crippen LogP contribution in [0.15, 0.2) is 29.3 Å². The normalized spacial score (nSPS) is 11.2. The van der Waals surface area contributed by atoms with Gasteiger partial charge in [-0.2, -0.15) is 0 Å². The zero-order valence-electron chi connectivity index (χ0n) is 9.19. The Kier molecular flexibility index (Phi) is 2.31. The van der Waals surface area contributed by atoms with Gasteiger partial charge in [0.2, 0.25) is 0 Å². The van der Waals surface area contributed by atoms with Gasteiger partial charge in [-0.25, -0.2) is 0 Å². The van der Waals surface area contributed by atoms with Crippen molar-refractivity contribution in [2.75, 3.05) is 0 Å². The van der Waals surface area contributed by atoms with E-state index in [0.717, 1.165) is 16.5 Å².